The Morgan fingerprint density at radius 3 is 1.28 bits per heavy atom. The maximum atomic E-state index is 6.00. The van der Waals surface area contributed by atoms with Crippen molar-refractivity contribution >= 4 is 0 Å². The topological polar surface area (TPSA) is 36.9 Å². The molecule has 0 bridgehead atoms. The van der Waals surface area contributed by atoms with Crippen molar-refractivity contribution in [1.29, 1.82) is 0 Å². The summed E-state index contributed by atoms with van der Waals surface area (Å²) in [5, 5.41) is 0. The molecule has 2 aromatic rings. The minimum absolute atomic E-state index is 0.0328. The predicted molar refractivity (Wildman–Crippen MR) is 99.3 cm³/mol. The summed E-state index contributed by atoms with van der Waals surface area (Å²) in [6, 6.07) is 16.1. The molecule has 0 amide bonds. The molecule has 2 rings (SSSR count). The van der Waals surface area contributed by atoms with Crippen molar-refractivity contribution in [2.75, 3.05) is 27.4 Å². The van der Waals surface area contributed by atoms with Crippen LogP contribution in [0.2, 0.25) is 0 Å². The van der Waals surface area contributed by atoms with E-state index in [4.69, 9.17) is 18.9 Å². The number of hydrogen-bond donors (Lipinski definition) is 0. The number of hydrogen-bond acceptors (Lipinski definition) is 4. The monoisotopic (exact) mass is 344 g/mol. The van der Waals surface area contributed by atoms with E-state index in [2.05, 4.69) is 24.3 Å². The molecule has 0 N–H and O–H groups in total. The molecule has 0 saturated carbocycles. The summed E-state index contributed by atoms with van der Waals surface area (Å²) < 4.78 is 22.5. The van der Waals surface area contributed by atoms with Crippen LogP contribution in [-0.4, -0.2) is 27.4 Å². The van der Waals surface area contributed by atoms with E-state index in [0.717, 1.165) is 29.0 Å². The molecule has 4 heteroatoms. The number of rotatable bonds is 10. The van der Waals surface area contributed by atoms with E-state index < -0.39 is 0 Å². The van der Waals surface area contributed by atoms with E-state index in [0.29, 0.717) is 13.2 Å². The summed E-state index contributed by atoms with van der Waals surface area (Å²) >= 11 is 0. The van der Waals surface area contributed by atoms with Crippen LogP contribution in [-0.2, 0) is 9.47 Å². The maximum Gasteiger partial charge on any atom is 0.118 e. The third-order valence-electron chi connectivity index (χ3n) is 4.14. The molecule has 2 aromatic carbocycles. The molecule has 2 atom stereocenters. The standard InChI is InChI=1S/C21H28O4/c1-5-24-20(16-7-11-18(22-3)12-8-16)15-21(25-6-2)17-9-13-19(23-4)14-10-17/h7-14,20-21H,5-6,15H2,1-4H3/t20-,21+. The van der Waals surface area contributed by atoms with Gasteiger partial charge in [-0.05, 0) is 49.2 Å². The zero-order valence-corrected chi connectivity index (χ0v) is 15.5. The molecule has 136 valence electrons. The van der Waals surface area contributed by atoms with Crippen LogP contribution >= 0.6 is 0 Å². The second-order valence-electron chi connectivity index (χ2n) is 5.67. The molecule has 0 aliphatic heterocycles. The van der Waals surface area contributed by atoms with Crippen LogP contribution in [0.5, 0.6) is 11.5 Å². The summed E-state index contributed by atoms with van der Waals surface area (Å²) in [6.45, 7) is 5.33. The average Bonchev–Trinajstić information content (AvgIpc) is 2.67. The second kappa shape index (κ2) is 10.1. The summed E-state index contributed by atoms with van der Waals surface area (Å²) in [5.41, 5.74) is 2.25. The zero-order valence-electron chi connectivity index (χ0n) is 15.5. The largest absolute Gasteiger partial charge is 0.497 e. The number of benzene rings is 2. The van der Waals surface area contributed by atoms with Crippen molar-refractivity contribution in [3.05, 3.63) is 59.7 Å². The van der Waals surface area contributed by atoms with Gasteiger partial charge in [-0.15, -0.1) is 0 Å². The molecule has 4 nitrogen and oxygen atoms in total. The quantitative estimate of drug-likeness (QED) is 0.611. The maximum absolute atomic E-state index is 6.00. The Morgan fingerprint density at radius 1 is 0.640 bits per heavy atom. The molecule has 0 aliphatic rings. The molecule has 25 heavy (non-hydrogen) atoms. The Bertz CT molecular complexity index is 551. The second-order valence-corrected chi connectivity index (χ2v) is 5.67. The predicted octanol–water partition coefficient (Wildman–Crippen LogP) is 4.95. The Kier molecular flexibility index (Phi) is 7.76. The van der Waals surface area contributed by atoms with E-state index >= 15 is 0 Å². The smallest absolute Gasteiger partial charge is 0.118 e. The van der Waals surface area contributed by atoms with Gasteiger partial charge in [-0.3, -0.25) is 0 Å². The Balaban J connectivity index is 2.19. The fraction of sp³-hybridized carbons (Fsp3) is 0.429. The normalized spacial score (nSPS) is 13.3. The lowest BCUT2D eigenvalue weighted by Gasteiger charge is -2.24. The minimum atomic E-state index is -0.0328. The SMILES string of the molecule is CCO[C@@H](C[C@@H](OCC)c1ccc(OC)cc1)c1ccc(OC)cc1. The van der Waals surface area contributed by atoms with Gasteiger partial charge in [0.1, 0.15) is 11.5 Å². The zero-order chi connectivity index (χ0) is 18.1. The van der Waals surface area contributed by atoms with Crippen LogP contribution in [0, 0.1) is 0 Å². The van der Waals surface area contributed by atoms with Crippen molar-refractivity contribution in [1.82, 2.24) is 0 Å². The molecule has 0 aromatic heterocycles. The third-order valence-corrected chi connectivity index (χ3v) is 4.14. The van der Waals surface area contributed by atoms with Gasteiger partial charge in [-0.1, -0.05) is 24.3 Å². The molecular formula is C21H28O4. The molecule has 0 aliphatic carbocycles. The highest BCUT2D eigenvalue weighted by Crippen LogP contribution is 2.33. The summed E-state index contributed by atoms with van der Waals surface area (Å²) in [4.78, 5) is 0. The van der Waals surface area contributed by atoms with E-state index in [-0.39, 0.29) is 12.2 Å². The minimum Gasteiger partial charge on any atom is -0.497 e. The summed E-state index contributed by atoms with van der Waals surface area (Å²) in [6.07, 6.45) is 0.685. The van der Waals surface area contributed by atoms with Gasteiger partial charge in [0.15, 0.2) is 0 Å². The lowest BCUT2D eigenvalue weighted by atomic mass is 9.98. The molecular weight excluding hydrogens is 316 g/mol. The van der Waals surface area contributed by atoms with Crippen molar-refractivity contribution in [2.24, 2.45) is 0 Å². The molecule has 0 fully saturated rings. The molecule has 0 radical (unpaired) electrons. The first-order valence-electron chi connectivity index (χ1n) is 8.72. The first-order chi connectivity index (χ1) is 12.2. The van der Waals surface area contributed by atoms with Gasteiger partial charge in [0, 0.05) is 19.6 Å². The van der Waals surface area contributed by atoms with Gasteiger partial charge in [-0.25, -0.2) is 0 Å². The number of ether oxygens (including phenoxy) is 4. The van der Waals surface area contributed by atoms with Crippen LogP contribution in [0.25, 0.3) is 0 Å². The van der Waals surface area contributed by atoms with E-state index in [1.54, 1.807) is 14.2 Å². The molecule has 0 saturated heterocycles. The lowest BCUT2D eigenvalue weighted by molar-refractivity contribution is -0.0126. The van der Waals surface area contributed by atoms with E-state index in [1.165, 1.54) is 0 Å². The summed E-state index contributed by atoms with van der Waals surface area (Å²) in [7, 11) is 3.34. The Hall–Kier alpha value is -2.04. The van der Waals surface area contributed by atoms with Crippen molar-refractivity contribution in [3.63, 3.8) is 0 Å². The van der Waals surface area contributed by atoms with Crippen LogP contribution in [0.3, 0.4) is 0 Å². The van der Waals surface area contributed by atoms with Crippen LogP contribution < -0.4 is 9.47 Å². The van der Waals surface area contributed by atoms with E-state index in [9.17, 15) is 0 Å². The van der Waals surface area contributed by atoms with Crippen LogP contribution in [0.4, 0.5) is 0 Å². The van der Waals surface area contributed by atoms with E-state index in [1.807, 2.05) is 38.1 Å². The number of methoxy groups -OCH3 is 2. The average molecular weight is 344 g/mol. The van der Waals surface area contributed by atoms with Gasteiger partial charge >= 0.3 is 0 Å². The van der Waals surface area contributed by atoms with Crippen molar-refractivity contribution in [3.8, 4) is 11.5 Å². The van der Waals surface area contributed by atoms with Crippen molar-refractivity contribution in [2.45, 2.75) is 32.5 Å². The van der Waals surface area contributed by atoms with Crippen LogP contribution in [0.1, 0.15) is 43.6 Å². The van der Waals surface area contributed by atoms with Crippen molar-refractivity contribution < 1.29 is 18.9 Å². The first kappa shape index (κ1) is 19.3. The first-order valence-corrected chi connectivity index (χ1v) is 8.72. The highest BCUT2D eigenvalue weighted by Gasteiger charge is 2.20. The highest BCUT2D eigenvalue weighted by atomic mass is 16.5. The van der Waals surface area contributed by atoms with Gasteiger partial charge in [0.2, 0.25) is 0 Å². The Labute approximate surface area is 150 Å². The van der Waals surface area contributed by atoms with Gasteiger partial charge in [-0.2, -0.15) is 0 Å². The Morgan fingerprint density at radius 2 is 1.00 bits per heavy atom. The third kappa shape index (κ3) is 5.48. The molecule has 0 spiro atoms. The lowest BCUT2D eigenvalue weighted by Crippen LogP contribution is -2.13. The fourth-order valence-corrected chi connectivity index (χ4v) is 2.83. The fourth-order valence-electron chi connectivity index (χ4n) is 2.83. The molecule has 0 unspecified atom stereocenters. The van der Waals surface area contributed by atoms with Gasteiger partial charge in [0.05, 0.1) is 26.4 Å². The van der Waals surface area contributed by atoms with Gasteiger partial charge in [0.25, 0.3) is 0 Å². The summed E-state index contributed by atoms with van der Waals surface area (Å²) in [5.74, 6) is 1.69. The molecule has 0 heterocycles. The van der Waals surface area contributed by atoms with Crippen LogP contribution in [0.15, 0.2) is 48.5 Å². The van der Waals surface area contributed by atoms with Gasteiger partial charge < -0.3 is 18.9 Å². The highest BCUT2D eigenvalue weighted by molar-refractivity contribution is 5.31.